The first kappa shape index (κ1) is 22.2. The van der Waals surface area contributed by atoms with Crippen molar-refractivity contribution in [1.29, 1.82) is 0 Å². The van der Waals surface area contributed by atoms with Crippen molar-refractivity contribution in [3.05, 3.63) is 35.9 Å². The predicted molar refractivity (Wildman–Crippen MR) is 108 cm³/mol. The Labute approximate surface area is 163 Å². The molecule has 2 unspecified atom stereocenters. The maximum absolute atomic E-state index is 12.4. The summed E-state index contributed by atoms with van der Waals surface area (Å²) >= 11 is 0. The Kier molecular flexibility index (Phi) is 9.80. The predicted octanol–water partition coefficient (Wildman–Crippen LogP) is 3.14. The Hall–Kier alpha value is -0.810. The normalized spacial score (nSPS) is 26.8. The summed E-state index contributed by atoms with van der Waals surface area (Å²) in [6.45, 7) is 5.32. The lowest BCUT2D eigenvalue weighted by Gasteiger charge is -2.38. The third-order valence-corrected chi connectivity index (χ3v) is 5.22. The molecule has 0 spiro atoms. The molecule has 3 rings (SSSR count). The van der Waals surface area contributed by atoms with Gasteiger partial charge in [-0.15, -0.1) is 24.8 Å². The first-order valence-corrected chi connectivity index (χ1v) is 9.04. The number of hydrogen-bond acceptors (Lipinski definition) is 3. The van der Waals surface area contributed by atoms with Crippen LogP contribution in [0.3, 0.4) is 0 Å². The molecule has 25 heavy (non-hydrogen) atoms. The molecule has 1 aromatic carbocycles. The molecule has 1 aromatic rings. The quantitative estimate of drug-likeness (QED) is 0.833. The van der Waals surface area contributed by atoms with Gasteiger partial charge in [-0.3, -0.25) is 9.69 Å². The van der Waals surface area contributed by atoms with Crippen LogP contribution in [0.4, 0.5) is 0 Å². The molecule has 2 aliphatic rings. The van der Waals surface area contributed by atoms with Crippen molar-refractivity contribution in [3.63, 3.8) is 0 Å². The lowest BCUT2D eigenvalue weighted by Crippen LogP contribution is -2.53. The number of carbonyl (C=O) groups excluding carboxylic acids is 1. The summed E-state index contributed by atoms with van der Waals surface area (Å²) < 4.78 is 0. The van der Waals surface area contributed by atoms with E-state index in [-0.39, 0.29) is 36.8 Å². The number of halogens is 2. The number of nitrogens with zero attached hydrogens (tertiary/aromatic N) is 1. The van der Waals surface area contributed by atoms with Crippen LogP contribution in [0.15, 0.2) is 30.3 Å². The van der Waals surface area contributed by atoms with E-state index in [9.17, 15) is 4.79 Å². The van der Waals surface area contributed by atoms with Crippen molar-refractivity contribution in [2.45, 2.75) is 63.7 Å². The molecule has 2 aliphatic heterocycles. The van der Waals surface area contributed by atoms with Gasteiger partial charge in [0.15, 0.2) is 0 Å². The fourth-order valence-electron chi connectivity index (χ4n) is 3.78. The maximum atomic E-state index is 12.4. The highest BCUT2D eigenvalue weighted by molar-refractivity contribution is 5.85. The van der Waals surface area contributed by atoms with Gasteiger partial charge in [0.25, 0.3) is 0 Å². The van der Waals surface area contributed by atoms with Gasteiger partial charge in [-0.05, 0) is 44.7 Å². The topological polar surface area (TPSA) is 44.4 Å². The van der Waals surface area contributed by atoms with Crippen molar-refractivity contribution in [1.82, 2.24) is 15.5 Å². The number of hydrogen-bond donors (Lipinski definition) is 2. The number of carbonyl (C=O) groups is 1. The fourth-order valence-corrected chi connectivity index (χ4v) is 3.78. The highest BCUT2D eigenvalue weighted by Gasteiger charge is 2.28. The molecular formula is C19H31Cl2N3O. The molecule has 3 atom stereocenters. The molecule has 4 nitrogen and oxygen atoms in total. The zero-order chi connectivity index (χ0) is 16.1. The van der Waals surface area contributed by atoms with E-state index in [0.29, 0.717) is 12.1 Å². The molecule has 6 heteroatoms. The molecule has 2 N–H and O–H groups in total. The highest BCUT2D eigenvalue weighted by atomic mass is 35.5. The van der Waals surface area contributed by atoms with Gasteiger partial charge in [-0.25, -0.2) is 0 Å². The summed E-state index contributed by atoms with van der Waals surface area (Å²) in [7, 11) is 0. The molecule has 0 bridgehead atoms. The average Bonchev–Trinajstić information content (AvgIpc) is 2.59. The van der Waals surface area contributed by atoms with Crippen LogP contribution >= 0.6 is 24.8 Å². The van der Waals surface area contributed by atoms with Crippen molar-refractivity contribution >= 4 is 30.7 Å². The first-order chi connectivity index (χ1) is 11.2. The van der Waals surface area contributed by atoms with Gasteiger partial charge in [-0.1, -0.05) is 36.8 Å². The Bertz CT molecular complexity index is 509. The molecule has 2 fully saturated rings. The van der Waals surface area contributed by atoms with Gasteiger partial charge in [-0.2, -0.15) is 0 Å². The van der Waals surface area contributed by atoms with E-state index >= 15 is 0 Å². The minimum absolute atomic E-state index is 0. The molecular weight excluding hydrogens is 357 g/mol. The summed E-state index contributed by atoms with van der Waals surface area (Å²) in [6, 6.07) is 11.5. The number of nitrogens with one attached hydrogen (secondary N) is 2. The molecule has 2 saturated heterocycles. The van der Waals surface area contributed by atoms with Crippen molar-refractivity contribution in [2.24, 2.45) is 0 Å². The van der Waals surface area contributed by atoms with E-state index < -0.39 is 0 Å². The Balaban J connectivity index is 0.00000156. The number of rotatable bonds is 4. The summed E-state index contributed by atoms with van der Waals surface area (Å²) in [5.74, 6) is 0.207. The molecule has 0 aliphatic carbocycles. The van der Waals surface area contributed by atoms with Crippen molar-refractivity contribution in [3.8, 4) is 0 Å². The second kappa shape index (κ2) is 11.0. The van der Waals surface area contributed by atoms with Gasteiger partial charge < -0.3 is 10.6 Å². The number of benzene rings is 1. The third-order valence-electron chi connectivity index (χ3n) is 5.22. The van der Waals surface area contributed by atoms with Crippen LogP contribution in [0.2, 0.25) is 0 Å². The third kappa shape index (κ3) is 6.45. The SMILES string of the molecule is CC1CC(NC(=O)[C@H]2CCCCN2)CCN1Cc1ccccc1.Cl.Cl. The van der Waals surface area contributed by atoms with Gasteiger partial charge in [0.05, 0.1) is 6.04 Å². The van der Waals surface area contributed by atoms with Gasteiger partial charge >= 0.3 is 0 Å². The molecule has 142 valence electrons. The van der Waals surface area contributed by atoms with Crippen LogP contribution in [-0.4, -0.2) is 42.0 Å². The van der Waals surface area contributed by atoms with Gasteiger partial charge in [0.2, 0.25) is 5.91 Å². The average molecular weight is 388 g/mol. The lowest BCUT2D eigenvalue weighted by atomic mass is 9.96. The summed E-state index contributed by atoms with van der Waals surface area (Å²) in [5, 5.41) is 6.61. The maximum Gasteiger partial charge on any atom is 0.237 e. The van der Waals surface area contributed by atoms with E-state index in [1.165, 1.54) is 12.0 Å². The fraction of sp³-hybridized carbons (Fsp3) is 0.632. The zero-order valence-corrected chi connectivity index (χ0v) is 16.6. The van der Waals surface area contributed by atoms with E-state index in [1.807, 2.05) is 0 Å². The second-order valence-electron chi connectivity index (χ2n) is 7.04. The van der Waals surface area contributed by atoms with Crippen molar-refractivity contribution in [2.75, 3.05) is 13.1 Å². The van der Waals surface area contributed by atoms with Crippen LogP contribution in [0.25, 0.3) is 0 Å². The largest absolute Gasteiger partial charge is 0.352 e. The monoisotopic (exact) mass is 387 g/mol. The van der Waals surface area contributed by atoms with Crippen LogP contribution in [-0.2, 0) is 11.3 Å². The first-order valence-electron chi connectivity index (χ1n) is 9.04. The van der Waals surface area contributed by atoms with Crippen LogP contribution in [0.5, 0.6) is 0 Å². The molecule has 0 radical (unpaired) electrons. The Morgan fingerprint density at radius 1 is 1.20 bits per heavy atom. The Morgan fingerprint density at radius 2 is 1.96 bits per heavy atom. The molecule has 2 heterocycles. The molecule has 0 aromatic heterocycles. The summed E-state index contributed by atoms with van der Waals surface area (Å²) in [5.41, 5.74) is 1.37. The van der Waals surface area contributed by atoms with E-state index in [0.717, 1.165) is 45.3 Å². The van der Waals surface area contributed by atoms with E-state index in [1.54, 1.807) is 0 Å². The van der Waals surface area contributed by atoms with Crippen LogP contribution < -0.4 is 10.6 Å². The second-order valence-corrected chi connectivity index (χ2v) is 7.04. The number of amides is 1. The summed E-state index contributed by atoms with van der Waals surface area (Å²) in [4.78, 5) is 14.9. The minimum Gasteiger partial charge on any atom is -0.352 e. The standard InChI is InChI=1S/C19H29N3O.2ClH/c1-15-13-17(21-19(23)18-9-5-6-11-20-18)10-12-22(15)14-16-7-3-2-4-8-16;;/h2-4,7-8,15,17-18,20H,5-6,9-14H2,1H3,(H,21,23);2*1H/t15?,17?,18-;;/m1../s1. The van der Waals surface area contributed by atoms with Gasteiger partial charge in [0, 0.05) is 25.2 Å². The molecule has 1 amide bonds. The van der Waals surface area contributed by atoms with Crippen LogP contribution in [0.1, 0.15) is 44.6 Å². The van der Waals surface area contributed by atoms with Gasteiger partial charge in [0.1, 0.15) is 0 Å². The highest BCUT2D eigenvalue weighted by Crippen LogP contribution is 2.20. The number of likely N-dealkylation sites (tertiary alicyclic amines) is 1. The Morgan fingerprint density at radius 3 is 2.60 bits per heavy atom. The molecule has 0 saturated carbocycles. The lowest BCUT2D eigenvalue weighted by molar-refractivity contribution is -0.124. The summed E-state index contributed by atoms with van der Waals surface area (Å²) in [6.07, 6.45) is 5.44. The zero-order valence-electron chi connectivity index (χ0n) is 14.9. The van der Waals surface area contributed by atoms with E-state index in [4.69, 9.17) is 0 Å². The number of piperidine rings is 2. The van der Waals surface area contributed by atoms with Crippen LogP contribution in [0, 0.1) is 0 Å². The minimum atomic E-state index is 0. The van der Waals surface area contributed by atoms with Crippen molar-refractivity contribution < 1.29 is 4.79 Å². The van der Waals surface area contributed by atoms with E-state index in [2.05, 4.69) is 52.8 Å². The smallest absolute Gasteiger partial charge is 0.237 e.